The number of nitrogens with one attached hydrogen (secondary N) is 1. The van der Waals surface area contributed by atoms with Crippen LogP contribution in [0.5, 0.6) is 5.75 Å². The molecular formula is C20H19ClN2O2. The number of aromatic nitrogens is 1. The van der Waals surface area contributed by atoms with Crippen molar-refractivity contribution in [2.24, 2.45) is 5.92 Å². The molecule has 128 valence electrons. The molecule has 3 rings (SSSR count). The van der Waals surface area contributed by atoms with Gasteiger partial charge >= 0.3 is 0 Å². The van der Waals surface area contributed by atoms with Crippen molar-refractivity contribution in [1.82, 2.24) is 10.3 Å². The largest absolute Gasteiger partial charge is 0.505 e. The second-order valence-corrected chi connectivity index (χ2v) is 6.60. The maximum atomic E-state index is 12.3. The molecule has 0 unspecified atom stereocenters. The van der Waals surface area contributed by atoms with Gasteiger partial charge in [0.1, 0.15) is 11.3 Å². The fourth-order valence-electron chi connectivity index (χ4n) is 2.72. The van der Waals surface area contributed by atoms with Crippen LogP contribution in [-0.4, -0.2) is 16.0 Å². The highest BCUT2D eigenvalue weighted by Crippen LogP contribution is 2.36. The summed E-state index contributed by atoms with van der Waals surface area (Å²) in [6, 6.07) is 14.1. The van der Waals surface area contributed by atoms with Crippen LogP contribution in [-0.2, 0) is 4.79 Å². The van der Waals surface area contributed by atoms with E-state index in [1.165, 1.54) is 0 Å². The van der Waals surface area contributed by atoms with E-state index in [9.17, 15) is 9.90 Å². The van der Waals surface area contributed by atoms with Crippen LogP contribution in [0.4, 0.5) is 0 Å². The predicted octanol–water partition coefficient (Wildman–Crippen LogP) is 4.46. The molecule has 1 amide bonds. The highest BCUT2D eigenvalue weighted by Gasteiger charge is 2.24. The molecule has 0 radical (unpaired) electrons. The summed E-state index contributed by atoms with van der Waals surface area (Å²) in [5.74, 6) is -0.261. The van der Waals surface area contributed by atoms with Crippen LogP contribution in [0.2, 0.25) is 5.02 Å². The molecule has 3 aromatic rings. The van der Waals surface area contributed by atoms with Crippen molar-refractivity contribution < 1.29 is 9.90 Å². The Hall–Kier alpha value is -2.59. The van der Waals surface area contributed by atoms with Crippen molar-refractivity contribution >= 4 is 28.4 Å². The van der Waals surface area contributed by atoms with Gasteiger partial charge in [0.15, 0.2) is 0 Å². The number of amides is 1. The second kappa shape index (κ2) is 7.11. The van der Waals surface area contributed by atoms with Crippen molar-refractivity contribution in [1.29, 1.82) is 0 Å². The molecule has 1 atom stereocenters. The first-order valence-electron chi connectivity index (χ1n) is 8.10. The topological polar surface area (TPSA) is 62.2 Å². The number of nitrogens with zero attached hydrogens (tertiary/aromatic N) is 1. The fourth-order valence-corrected chi connectivity index (χ4v) is 2.96. The number of hydrogen-bond acceptors (Lipinski definition) is 3. The van der Waals surface area contributed by atoms with Gasteiger partial charge in [-0.15, -0.1) is 0 Å². The Labute approximate surface area is 151 Å². The van der Waals surface area contributed by atoms with Crippen LogP contribution in [0.25, 0.3) is 10.9 Å². The molecular weight excluding hydrogens is 336 g/mol. The molecule has 0 bridgehead atoms. The maximum Gasteiger partial charge on any atom is 0.223 e. The standard InChI is InChI=1S/C20H19ClN2O2/c1-12(2)20(25)23-18(14-7-3-4-8-16(14)21)15-10-9-13-6-5-11-22-17(13)19(15)24/h3-12,18,24H,1-2H3,(H,23,25)/t18-/m0/s1. The Kier molecular flexibility index (Phi) is 4.91. The summed E-state index contributed by atoms with van der Waals surface area (Å²) >= 11 is 6.35. The van der Waals surface area contributed by atoms with Crippen LogP contribution in [0, 0.1) is 5.92 Å². The normalized spacial score (nSPS) is 12.3. The van der Waals surface area contributed by atoms with Crippen LogP contribution >= 0.6 is 11.6 Å². The molecule has 1 aromatic heterocycles. The minimum absolute atomic E-state index is 0.0482. The minimum Gasteiger partial charge on any atom is -0.505 e. The Morgan fingerprint density at radius 3 is 2.56 bits per heavy atom. The van der Waals surface area contributed by atoms with Gasteiger partial charge in [0.25, 0.3) is 0 Å². The van der Waals surface area contributed by atoms with E-state index in [0.717, 1.165) is 10.9 Å². The molecule has 5 heteroatoms. The third-order valence-electron chi connectivity index (χ3n) is 4.12. The summed E-state index contributed by atoms with van der Waals surface area (Å²) in [5.41, 5.74) is 1.79. The van der Waals surface area contributed by atoms with Gasteiger partial charge in [0, 0.05) is 28.1 Å². The number of fused-ring (bicyclic) bond motifs is 1. The number of carbonyl (C=O) groups excluding carboxylic acids is 1. The Balaban J connectivity index is 2.16. The molecule has 0 saturated heterocycles. The third-order valence-corrected chi connectivity index (χ3v) is 4.46. The van der Waals surface area contributed by atoms with Gasteiger partial charge in [0.2, 0.25) is 5.91 Å². The third kappa shape index (κ3) is 3.44. The van der Waals surface area contributed by atoms with Gasteiger partial charge in [-0.05, 0) is 17.7 Å². The molecule has 0 fully saturated rings. The number of carbonyl (C=O) groups is 1. The Morgan fingerprint density at radius 1 is 1.08 bits per heavy atom. The lowest BCUT2D eigenvalue weighted by molar-refractivity contribution is -0.124. The number of rotatable bonds is 4. The monoisotopic (exact) mass is 354 g/mol. The van der Waals surface area contributed by atoms with Gasteiger partial charge in [-0.25, -0.2) is 0 Å². The summed E-state index contributed by atoms with van der Waals surface area (Å²) < 4.78 is 0. The zero-order valence-corrected chi connectivity index (χ0v) is 14.8. The van der Waals surface area contributed by atoms with E-state index in [4.69, 9.17) is 11.6 Å². The molecule has 4 nitrogen and oxygen atoms in total. The lowest BCUT2D eigenvalue weighted by atomic mass is 9.95. The maximum absolute atomic E-state index is 12.3. The molecule has 0 aliphatic carbocycles. The number of benzene rings is 2. The van der Waals surface area contributed by atoms with Crippen molar-refractivity contribution in [2.75, 3.05) is 0 Å². The molecule has 2 N–H and O–H groups in total. The summed E-state index contributed by atoms with van der Waals surface area (Å²) in [5, 5.41) is 15.1. The minimum atomic E-state index is -0.560. The molecule has 1 heterocycles. The summed E-state index contributed by atoms with van der Waals surface area (Å²) in [7, 11) is 0. The van der Waals surface area contributed by atoms with E-state index in [0.29, 0.717) is 16.1 Å². The Morgan fingerprint density at radius 2 is 1.84 bits per heavy atom. The van der Waals surface area contributed by atoms with Gasteiger partial charge < -0.3 is 10.4 Å². The van der Waals surface area contributed by atoms with Crippen molar-refractivity contribution in [3.05, 3.63) is 70.9 Å². The summed E-state index contributed by atoms with van der Waals surface area (Å²) in [6.45, 7) is 3.64. The molecule has 0 aliphatic heterocycles. The first-order valence-corrected chi connectivity index (χ1v) is 8.48. The van der Waals surface area contributed by atoms with Crippen LogP contribution in [0.1, 0.15) is 31.0 Å². The second-order valence-electron chi connectivity index (χ2n) is 6.20. The van der Waals surface area contributed by atoms with E-state index >= 15 is 0 Å². The lowest BCUT2D eigenvalue weighted by Crippen LogP contribution is -2.32. The van der Waals surface area contributed by atoms with Crippen LogP contribution < -0.4 is 5.32 Å². The van der Waals surface area contributed by atoms with Crippen molar-refractivity contribution in [3.8, 4) is 5.75 Å². The highest BCUT2D eigenvalue weighted by atomic mass is 35.5. The zero-order chi connectivity index (χ0) is 18.0. The number of pyridine rings is 1. The number of phenolic OH excluding ortho intramolecular Hbond substituents is 1. The summed E-state index contributed by atoms with van der Waals surface area (Å²) in [6.07, 6.45) is 1.63. The van der Waals surface area contributed by atoms with Crippen molar-refractivity contribution in [2.45, 2.75) is 19.9 Å². The average molecular weight is 355 g/mol. The van der Waals surface area contributed by atoms with Crippen molar-refractivity contribution in [3.63, 3.8) is 0 Å². The lowest BCUT2D eigenvalue weighted by Gasteiger charge is -2.23. The first kappa shape index (κ1) is 17.2. The van der Waals surface area contributed by atoms with Crippen LogP contribution in [0.3, 0.4) is 0 Å². The summed E-state index contributed by atoms with van der Waals surface area (Å²) in [4.78, 5) is 16.6. The van der Waals surface area contributed by atoms with E-state index in [2.05, 4.69) is 10.3 Å². The van der Waals surface area contributed by atoms with E-state index in [1.807, 2.05) is 50.2 Å². The number of aromatic hydroxyl groups is 1. The smallest absolute Gasteiger partial charge is 0.223 e. The predicted molar refractivity (Wildman–Crippen MR) is 99.7 cm³/mol. The zero-order valence-electron chi connectivity index (χ0n) is 14.0. The molecule has 0 aliphatic rings. The van der Waals surface area contributed by atoms with Crippen LogP contribution in [0.15, 0.2) is 54.7 Å². The fraction of sp³-hybridized carbons (Fsp3) is 0.200. The quantitative estimate of drug-likeness (QED) is 0.727. The Bertz CT molecular complexity index is 924. The molecule has 25 heavy (non-hydrogen) atoms. The van der Waals surface area contributed by atoms with E-state index in [-0.39, 0.29) is 17.6 Å². The van der Waals surface area contributed by atoms with Gasteiger partial charge in [-0.2, -0.15) is 0 Å². The first-order chi connectivity index (χ1) is 12.0. The molecule has 0 saturated carbocycles. The molecule has 0 spiro atoms. The van der Waals surface area contributed by atoms with E-state index in [1.54, 1.807) is 18.3 Å². The average Bonchev–Trinajstić information content (AvgIpc) is 2.61. The van der Waals surface area contributed by atoms with Gasteiger partial charge in [-0.3, -0.25) is 9.78 Å². The van der Waals surface area contributed by atoms with Gasteiger partial charge in [0.05, 0.1) is 6.04 Å². The van der Waals surface area contributed by atoms with E-state index < -0.39 is 6.04 Å². The molecule has 2 aromatic carbocycles. The number of phenols is 1. The number of hydrogen-bond donors (Lipinski definition) is 2. The SMILES string of the molecule is CC(C)C(=O)N[C@@H](c1ccccc1Cl)c1ccc2cccnc2c1O. The van der Waals surface area contributed by atoms with Gasteiger partial charge in [-0.1, -0.05) is 61.8 Å². The highest BCUT2D eigenvalue weighted by molar-refractivity contribution is 6.31. The number of halogens is 1.